The molecule has 2 N–H and O–H groups in total. The van der Waals surface area contributed by atoms with Crippen LogP contribution in [0.15, 0.2) is 24.4 Å². The highest BCUT2D eigenvalue weighted by molar-refractivity contribution is 5.38. The summed E-state index contributed by atoms with van der Waals surface area (Å²) in [5.74, 6) is 0.890. The number of pyridine rings is 1. The maximum atomic E-state index is 12.2. The highest BCUT2D eigenvalue weighted by atomic mass is 19.4. The summed E-state index contributed by atoms with van der Waals surface area (Å²) in [6.07, 6.45) is -3.65. The molecule has 1 fully saturated rings. The lowest BCUT2D eigenvalue weighted by Crippen LogP contribution is -2.47. The number of piperidine rings is 1. The molecular formula is C13H18F3N3O. The van der Waals surface area contributed by atoms with Crippen LogP contribution in [-0.4, -0.2) is 48.0 Å². The smallest absolute Gasteiger partial charge is 0.382 e. The quantitative estimate of drug-likeness (QED) is 0.883. The molecular weight excluding hydrogens is 271 g/mol. The number of aliphatic hydroxyl groups excluding tert-OH is 1. The molecule has 4 nitrogen and oxygen atoms in total. The summed E-state index contributed by atoms with van der Waals surface area (Å²) in [6.45, 7) is 1.05. The van der Waals surface area contributed by atoms with E-state index in [2.05, 4.69) is 15.2 Å². The van der Waals surface area contributed by atoms with E-state index < -0.39 is 18.8 Å². The zero-order valence-corrected chi connectivity index (χ0v) is 11.0. The number of anilines is 1. The molecule has 20 heavy (non-hydrogen) atoms. The van der Waals surface area contributed by atoms with Crippen LogP contribution in [0.3, 0.4) is 0 Å². The molecule has 1 aliphatic heterocycles. The molecule has 0 aromatic carbocycles. The van der Waals surface area contributed by atoms with Gasteiger partial charge in [0.05, 0.1) is 0 Å². The van der Waals surface area contributed by atoms with E-state index >= 15 is 0 Å². The lowest BCUT2D eigenvalue weighted by molar-refractivity contribution is -0.202. The van der Waals surface area contributed by atoms with Gasteiger partial charge in [0.25, 0.3) is 0 Å². The van der Waals surface area contributed by atoms with E-state index in [0.29, 0.717) is 0 Å². The monoisotopic (exact) mass is 289 g/mol. The molecule has 112 valence electrons. The minimum Gasteiger partial charge on any atom is -0.382 e. The Labute approximate surface area is 115 Å². The van der Waals surface area contributed by atoms with Crippen LogP contribution in [0.5, 0.6) is 0 Å². The fourth-order valence-corrected chi connectivity index (χ4v) is 2.25. The van der Waals surface area contributed by atoms with Crippen molar-refractivity contribution in [2.24, 2.45) is 0 Å². The van der Waals surface area contributed by atoms with Crippen LogP contribution < -0.4 is 10.2 Å². The van der Waals surface area contributed by atoms with Crippen molar-refractivity contribution in [2.75, 3.05) is 24.5 Å². The van der Waals surface area contributed by atoms with E-state index in [4.69, 9.17) is 5.11 Å². The first-order chi connectivity index (χ1) is 9.47. The third-order valence-electron chi connectivity index (χ3n) is 3.45. The second-order valence-corrected chi connectivity index (χ2v) is 4.91. The van der Waals surface area contributed by atoms with Crippen LogP contribution in [0.25, 0.3) is 0 Å². The van der Waals surface area contributed by atoms with Gasteiger partial charge in [-0.15, -0.1) is 0 Å². The molecule has 1 aliphatic rings. The maximum absolute atomic E-state index is 12.2. The SMILES string of the molecule is OC(CNC1CCN(c2ccccn2)CC1)C(F)(F)F. The van der Waals surface area contributed by atoms with E-state index in [9.17, 15) is 13.2 Å². The maximum Gasteiger partial charge on any atom is 0.415 e. The van der Waals surface area contributed by atoms with Gasteiger partial charge in [-0.3, -0.25) is 0 Å². The Morgan fingerprint density at radius 1 is 1.35 bits per heavy atom. The van der Waals surface area contributed by atoms with Gasteiger partial charge in [0, 0.05) is 31.9 Å². The first-order valence-electron chi connectivity index (χ1n) is 6.61. The Morgan fingerprint density at radius 3 is 2.60 bits per heavy atom. The molecule has 0 amide bonds. The minimum absolute atomic E-state index is 0.00645. The van der Waals surface area contributed by atoms with Gasteiger partial charge in [-0.05, 0) is 25.0 Å². The number of aliphatic hydroxyl groups is 1. The third kappa shape index (κ3) is 4.08. The normalized spacial score (nSPS) is 19.1. The lowest BCUT2D eigenvalue weighted by Gasteiger charge is -2.33. The second-order valence-electron chi connectivity index (χ2n) is 4.91. The Hall–Kier alpha value is -1.34. The molecule has 0 aliphatic carbocycles. The highest BCUT2D eigenvalue weighted by Crippen LogP contribution is 2.21. The number of hydrogen-bond donors (Lipinski definition) is 2. The minimum atomic E-state index is -4.55. The van der Waals surface area contributed by atoms with Crippen LogP contribution in [0.1, 0.15) is 12.8 Å². The zero-order valence-electron chi connectivity index (χ0n) is 11.0. The Balaban J connectivity index is 1.75. The Bertz CT molecular complexity index is 405. The summed E-state index contributed by atoms with van der Waals surface area (Å²) in [5.41, 5.74) is 0. The van der Waals surface area contributed by atoms with Crippen LogP contribution >= 0.6 is 0 Å². The molecule has 1 aromatic heterocycles. The predicted molar refractivity (Wildman–Crippen MR) is 69.5 cm³/mol. The van der Waals surface area contributed by atoms with Crippen LogP contribution in [-0.2, 0) is 0 Å². The summed E-state index contributed by atoms with van der Waals surface area (Å²) in [4.78, 5) is 6.36. The van der Waals surface area contributed by atoms with Gasteiger partial charge in [-0.25, -0.2) is 4.98 Å². The van der Waals surface area contributed by atoms with Crippen molar-refractivity contribution in [3.05, 3.63) is 24.4 Å². The Morgan fingerprint density at radius 2 is 2.05 bits per heavy atom. The molecule has 0 radical (unpaired) electrons. The van der Waals surface area contributed by atoms with E-state index in [0.717, 1.165) is 31.7 Å². The van der Waals surface area contributed by atoms with E-state index in [1.807, 2.05) is 18.2 Å². The van der Waals surface area contributed by atoms with Crippen LogP contribution in [0.2, 0.25) is 0 Å². The van der Waals surface area contributed by atoms with Crippen LogP contribution in [0.4, 0.5) is 19.0 Å². The van der Waals surface area contributed by atoms with Gasteiger partial charge in [-0.2, -0.15) is 13.2 Å². The molecule has 2 heterocycles. The van der Waals surface area contributed by atoms with Crippen molar-refractivity contribution < 1.29 is 18.3 Å². The van der Waals surface area contributed by atoms with Gasteiger partial charge in [0.1, 0.15) is 5.82 Å². The summed E-state index contributed by atoms with van der Waals surface area (Å²) < 4.78 is 36.5. The first kappa shape index (κ1) is 15.1. The molecule has 0 spiro atoms. The van der Waals surface area contributed by atoms with Gasteiger partial charge in [0.15, 0.2) is 6.10 Å². The standard InChI is InChI=1S/C13H18F3N3O/c14-13(15,16)11(20)9-18-10-4-7-19(8-5-10)12-3-1-2-6-17-12/h1-3,6,10-11,18,20H,4-5,7-9H2. The van der Waals surface area contributed by atoms with Gasteiger partial charge >= 0.3 is 6.18 Å². The molecule has 0 saturated carbocycles. The molecule has 1 saturated heterocycles. The number of alkyl halides is 3. The lowest BCUT2D eigenvalue weighted by atomic mass is 10.0. The van der Waals surface area contributed by atoms with Gasteiger partial charge in [-0.1, -0.05) is 6.07 Å². The third-order valence-corrected chi connectivity index (χ3v) is 3.45. The number of aromatic nitrogens is 1. The molecule has 0 bridgehead atoms. The van der Waals surface area contributed by atoms with Crippen molar-refractivity contribution in [2.45, 2.75) is 31.2 Å². The van der Waals surface area contributed by atoms with Crippen LogP contribution in [0, 0.1) is 0 Å². The topological polar surface area (TPSA) is 48.4 Å². The zero-order chi connectivity index (χ0) is 14.6. The summed E-state index contributed by atoms with van der Waals surface area (Å²) in [5, 5.41) is 11.7. The number of hydrogen-bond acceptors (Lipinski definition) is 4. The fourth-order valence-electron chi connectivity index (χ4n) is 2.25. The predicted octanol–water partition coefficient (Wildman–Crippen LogP) is 1.56. The molecule has 1 aromatic rings. The summed E-state index contributed by atoms with van der Waals surface area (Å²) in [7, 11) is 0. The molecule has 7 heteroatoms. The molecule has 1 atom stereocenters. The van der Waals surface area contributed by atoms with Crippen molar-refractivity contribution >= 4 is 5.82 Å². The van der Waals surface area contributed by atoms with Crippen molar-refractivity contribution in [1.29, 1.82) is 0 Å². The molecule has 2 rings (SSSR count). The highest BCUT2D eigenvalue weighted by Gasteiger charge is 2.38. The largest absolute Gasteiger partial charge is 0.415 e. The van der Waals surface area contributed by atoms with Crippen molar-refractivity contribution in [1.82, 2.24) is 10.3 Å². The second kappa shape index (κ2) is 6.41. The summed E-state index contributed by atoms with van der Waals surface area (Å²) in [6, 6.07) is 5.68. The van der Waals surface area contributed by atoms with Gasteiger partial charge < -0.3 is 15.3 Å². The first-order valence-corrected chi connectivity index (χ1v) is 6.61. The number of halogens is 3. The average Bonchev–Trinajstić information content (AvgIpc) is 2.45. The Kier molecular flexibility index (Phi) is 4.82. The van der Waals surface area contributed by atoms with E-state index in [-0.39, 0.29) is 6.04 Å². The number of rotatable bonds is 4. The number of nitrogens with zero attached hydrogens (tertiary/aromatic N) is 2. The number of nitrogens with one attached hydrogen (secondary N) is 1. The molecule has 1 unspecified atom stereocenters. The fraction of sp³-hybridized carbons (Fsp3) is 0.615. The van der Waals surface area contributed by atoms with Crippen molar-refractivity contribution in [3.63, 3.8) is 0 Å². The average molecular weight is 289 g/mol. The van der Waals surface area contributed by atoms with E-state index in [1.165, 1.54) is 0 Å². The van der Waals surface area contributed by atoms with Crippen molar-refractivity contribution in [3.8, 4) is 0 Å². The summed E-state index contributed by atoms with van der Waals surface area (Å²) >= 11 is 0. The van der Waals surface area contributed by atoms with E-state index in [1.54, 1.807) is 6.20 Å². The van der Waals surface area contributed by atoms with Gasteiger partial charge in [0.2, 0.25) is 0 Å².